The third kappa shape index (κ3) is 3.28. The van der Waals surface area contributed by atoms with E-state index < -0.39 is 5.97 Å². The van der Waals surface area contributed by atoms with Crippen molar-refractivity contribution in [2.75, 3.05) is 11.4 Å². The van der Waals surface area contributed by atoms with E-state index in [1.807, 2.05) is 18.2 Å². The summed E-state index contributed by atoms with van der Waals surface area (Å²) in [5.41, 5.74) is 4.13. The topological polar surface area (TPSA) is 108 Å². The smallest absolute Gasteiger partial charge is 0.358 e. The van der Waals surface area contributed by atoms with E-state index in [0.29, 0.717) is 17.8 Å². The molecule has 28 heavy (non-hydrogen) atoms. The van der Waals surface area contributed by atoms with Gasteiger partial charge in [0.05, 0.1) is 16.9 Å². The number of aromatic carboxylic acids is 1. The first-order valence-corrected chi connectivity index (χ1v) is 8.46. The number of nitrogens with zero attached hydrogens (tertiary/aromatic N) is 6. The van der Waals surface area contributed by atoms with Crippen molar-refractivity contribution >= 4 is 24.2 Å². The summed E-state index contributed by atoms with van der Waals surface area (Å²) in [5, 5.41) is 26.0. The van der Waals surface area contributed by atoms with Crippen LogP contribution in [0.15, 0.2) is 36.5 Å². The monoisotopic (exact) mass is 396 g/mol. The second-order valence-electron chi connectivity index (χ2n) is 6.34. The molecule has 8 nitrogen and oxygen atoms in total. The van der Waals surface area contributed by atoms with Crippen LogP contribution in [0.5, 0.6) is 0 Å². The van der Waals surface area contributed by atoms with E-state index in [2.05, 4.69) is 32.3 Å². The van der Waals surface area contributed by atoms with Crippen molar-refractivity contribution in [3.8, 4) is 11.8 Å². The van der Waals surface area contributed by atoms with Gasteiger partial charge < -0.3 is 10.0 Å². The Morgan fingerprint density at radius 2 is 2.11 bits per heavy atom. The van der Waals surface area contributed by atoms with Gasteiger partial charge in [-0.05, 0) is 42.7 Å². The quantitative estimate of drug-likeness (QED) is 0.724. The summed E-state index contributed by atoms with van der Waals surface area (Å²) in [4.78, 5) is 17.8. The lowest BCUT2D eigenvalue weighted by Gasteiger charge is -2.31. The number of carbonyl (C=O) groups is 1. The fourth-order valence-corrected chi connectivity index (χ4v) is 3.38. The number of benzene rings is 1. The molecule has 3 heterocycles. The van der Waals surface area contributed by atoms with Crippen LogP contribution in [0.2, 0.25) is 0 Å². The molecule has 0 spiro atoms. The highest BCUT2D eigenvalue weighted by Gasteiger charge is 2.23. The summed E-state index contributed by atoms with van der Waals surface area (Å²) >= 11 is 0. The van der Waals surface area contributed by atoms with Gasteiger partial charge in [0.15, 0.2) is 5.69 Å². The van der Waals surface area contributed by atoms with E-state index in [4.69, 9.17) is 5.26 Å². The number of hydrogen-bond donors (Lipinski definition) is 1. The van der Waals surface area contributed by atoms with Gasteiger partial charge in [-0.1, -0.05) is 17.3 Å². The molecule has 2 aromatic heterocycles. The Morgan fingerprint density at radius 3 is 2.75 bits per heavy atom. The Bertz CT molecular complexity index is 1070. The van der Waals surface area contributed by atoms with Crippen LogP contribution in [0.3, 0.4) is 0 Å². The molecule has 0 bridgehead atoms. The molecule has 0 aliphatic carbocycles. The van der Waals surface area contributed by atoms with Crippen molar-refractivity contribution in [1.29, 1.82) is 5.26 Å². The number of carboxylic acid groups (broad SMARTS) is 1. The van der Waals surface area contributed by atoms with Gasteiger partial charge in [0.2, 0.25) is 0 Å². The molecule has 0 fully saturated rings. The average molecular weight is 397 g/mol. The molecule has 1 aliphatic heterocycles. The Kier molecular flexibility index (Phi) is 5.29. The molecular weight excluding hydrogens is 380 g/mol. The van der Waals surface area contributed by atoms with E-state index >= 15 is 0 Å². The Labute approximate surface area is 167 Å². The molecule has 1 aromatic carbocycles. The van der Waals surface area contributed by atoms with Gasteiger partial charge in [0.25, 0.3) is 0 Å². The number of pyridine rings is 1. The zero-order valence-electron chi connectivity index (χ0n) is 15.0. The predicted octanol–water partition coefficient (Wildman–Crippen LogP) is 2.53. The molecule has 0 saturated heterocycles. The molecule has 9 heteroatoms. The molecule has 142 valence electrons. The van der Waals surface area contributed by atoms with Gasteiger partial charge in [0.1, 0.15) is 11.9 Å². The van der Waals surface area contributed by atoms with Crippen LogP contribution in [0.1, 0.15) is 32.9 Å². The second-order valence-corrected chi connectivity index (χ2v) is 6.34. The summed E-state index contributed by atoms with van der Waals surface area (Å²) in [5.74, 6) is -0.253. The van der Waals surface area contributed by atoms with Gasteiger partial charge in [-0.15, -0.1) is 17.5 Å². The van der Waals surface area contributed by atoms with Crippen LogP contribution >= 0.6 is 12.4 Å². The lowest BCUT2D eigenvalue weighted by atomic mass is 9.97. The van der Waals surface area contributed by atoms with E-state index in [9.17, 15) is 9.90 Å². The highest BCUT2D eigenvalue weighted by atomic mass is 35.5. The van der Waals surface area contributed by atoms with Crippen LogP contribution < -0.4 is 4.90 Å². The van der Waals surface area contributed by atoms with Gasteiger partial charge >= 0.3 is 5.97 Å². The van der Waals surface area contributed by atoms with Gasteiger partial charge in [-0.2, -0.15) is 5.26 Å². The highest BCUT2D eigenvalue weighted by molar-refractivity contribution is 5.86. The van der Waals surface area contributed by atoms with Crippen LogP contribution in [0.4, 0.5) is 5.82 Å². The summed E-state index contributed by atoms with van der Waals surface area (Å²) < 4.78 is 1.60. The minimum absolute atomic E-state index is 0. The third-order valence-electron chi connectivity index (χ3n) is 4.77. The lowest BCUT2D eigenvalue weighted by molar-refractivity contribution is 0.0689. The summed E-state index contributed by atoms with van der Waals surface area (Å²) in [6, 6.07) is 11.6. The first-order valence-electron chi connectivity index (χ1n) is 8.46. The van der Waals surface area contributed by atoms with Gasteiger partial charge in [-0.3, -0.25) is 0 Å². The maximum atomic E-state index is 11.3. The summed E-state index contributed by atoms with van der Waals surface area (Å²) in [6.45, 7) is 3.16. The molecular formula is C19H17ClN6O2. The van der Waals surface area contributed by atoms with Crippen molar-refractivity contribution in [2.24, 2.45) is 0 Å². The number of anilines is 1. The number of aromatic nitrogens is 4. The Hall–Kier alpha value is -3.44. The number of nitriles is 1. The first kappa shape index (κ1) is 19.3. The van der Waals surface area contributed by atoms with Crippen LogP contribution in [0.25, 0.3) is 5.69 Å². The molecule has 0 radical (unpaired) electrons. The Morgan fingerprint density at radius 1 is 1.29 bits per heavy atom. The second kappa shape index (κ2) is 7.66. The zero-order chi connectivity index (χ0) is 19.0. The van der Waals surface area contributed by atoms with Crippen molar-refractivity contribution < 1.29 is 9.90 Å². The number of hydrogen-bond acceptors (Lipinski definition) is 6. The maximum Gasteiger partial charge on any atom is 0.358 e. The maximum absolute atomic E-state index is 11.3. The number of rotatable bonds is 3. The van der Waals surface area contributed by atoms with Gasteiger partial charge in [0, 0.05) is 19.3 Å². The van der Waals surface area contributed by atoms with E-state index in [1.54, 1.807) is 23.9 Å². The number of halogens is 1. The lowest BCUT2D eigenvalue weighted by Crippen LogP contribution is -2.31. The molecule has 1 aliphatic rings. The van der Waals surface area contributed by atoms with Crippen molar-refractivity contribution in [1.82, 2.24) is 20.0 Å². The molecule has 0 unspecified atom stereocenters. The van der Waals surface area contributed by atoms with E-state index in [-0.39, 0.29) is 18.1 Å². The van der Waals surface area contributed by atoms with Crippen molar-refractivity contribution in [2.45, 2.75) is 19.9 Å². The minimum Gasteiger partial charge on any atom is -0.476 e. The Balaban J connectivity index is 0.00000225. The largest absolute Gasteiger partial charge is 0.476 e. The molecule has 0 atom stereocenters. The molecule has 0 saturated carbocycles. The zero-order valence-corrected chi connectivity index (χ0v) is 15.8. The standard InChI is InChI=1S/C19H16N6O2.ClH/c1-12-18(19(26)27)22-23-25(12)16-4-2-3-14-11-24(8-7-15(14)16)17-6-5-13(9-20)10-21-17;/h2-6,10H,7-8,11H2,1H3,(H,26,27);1H. The number of fused-ring (bicyclic) bond motifs is 1. The van der Waals surface area contributed by atoms with Gasteiger partial charge in [-0.25, -0.2) is 14.5 Å². The third-order valence-corrected chi connectivity index (χ3v) is 4.77. The summed E-state index contributed by atoms with van der Waals surface area (Å²) in [7, 11) is 0. The molecule has 3 aromatic rings. The van der Waals surface area contributed by atoms with Crippen molar-refractivity contribution in [3.05, 3.63) is 64.6 Å². The molecule has 4 rings (SSSR count). The predicted molar refractivity (Wildman–Crippen MR) is 104 cm³/mol. The highest BCUT2D eigenvalue weighted by Crippen LogP contribution is 2.28. The first-order chi connectivity index (χ1) is 13.1. The molecule has 0 amide bonds. The number of carboxylic acids is 1. The summed E-state index contributed by atoms with van der Waals surface area (Å²) in [6.07, 6.45) is 2.35. The average Bonchev–Trinajstić information content (AvgIpc) is 3.08. The minimum atomic E-state index is -1.08. The fourth-order valence-electron chi connectivity index (χ4n) is 3.38. The fraction of sp³-hybridized carbons (Fsp3) is 0.211. The van der Waals surface area contributed by atoms with Crippen LogP contribution in [-0.2, 0) is 13.0 Å². The van der Waals surface area contributed by atoms with E-state index in [1.165, 1.54) is 0 Å². The SMILES string of the molecule is Cc1c(C(=O)O)nnn1-c1cccc2c1CCN(c1ccc(C#N)cn1)C2.Cl. The van der Waals surface area contributed by atoms with Crippen LogP contribution in [-0.4, -0.2) is 37.6 Å². The van der Waals surface area contributed by atoms with Crippen LogP contribution in [0, 0.1) is 18.3 Å². The normalized spacial score (nSPS) is 12.6. The van der Waals surface area contributed by atoms with Crippen molar-refractivity contribution in [3.63, 3.8) is 0 Å². The van der Waals surface area contributed by atoms with E-state index in [0.717, 1.165) is 35.6 Å². The molecule has 1 N–H and O–H groups in total.